The molecule has 6 heteroatoms. The fourth-order valence-electron chi connectivity index (χ4n) is 1.96. The highest BCUT2D eigenvalue weighted by Crippen LogP contribution is 2.09. The topological polar surface area (TPSA) is 79.8 Å². The Morgan fingerprint density at radius 1 is 0.957 bits per heavy atom. The van der Waals surface area contributed by atoms with Gasteiger partial charge in [-0.15, -0.1) is 10.2 Å². The second-order valence-corrected chi connectivity index (χ2v) is 4.84. The Morgan fingerprint density at radius 2 is 1.83 bits per heavy atom. The summed E-state index contributed by atoms with van der Waals surface area (Å²) in [5.41, 5.74) is 2.03. The highest BCUT2D eigenvalue weighted by atomic mass is 16.1. The molecule has 2 heterocycles. The number of nitrogens with zero attached hydrogens (tertiary/aromatic N) is 3. The molecule has 2 aromatic heterocycles. The van der Waals surface area contributed by atoms with Crippen molar-refractivity contribution < 1.29 is 4.79 Å². The van der Waals surface area contributed by atoms with Crippen molar-refractivity contribution in [2.45, 2.75) is 6.54 Å². The van der Waals surface area contributed by atoms with E-state index in [1.165, 1.54) is 0 Å². The second-order valence-electron chi connectivity index (χ2n) is 4.84. The second kappa shape index (κ2) is 7.13. The monoisotopic (exact) mass is 305 g/mol. The average Bonchev–Trinajstić information content (AvgIpc) is 2.62. The van der Waals surface area contributed by atoms with Crippen LogP contribution in [-0.2, 0) is 6.54 Å². The zero-order chi connectivity index (χ0) is 15.9. The zero-order valence-electron chi connectivity index (χ0n) is 12.3. The molecule has 3 rings (SSSR count). The molecule has 0 radical (unpaired) electrons. The first-order valence-electron chi connectivity index (χ1n) is 7.14. The number of carbonyl (C=O) groups excluding carboxylic acids is 1. The number of rotatable bonds is 5. The Hall–Kier alpha value is -3.28. The summed E-state index contributed by atoms with van der Waals surface area (Å²) in [4.78, 5) is 16.1. The molecule has 2 N–H and O–H groups in total. The minimum absolute atomic E-state index is 0.265. The summed E-state index contributed by atoms with van der Waals surface area (Å²) < 4.78 is 0. The first-order valence-corrected chi connectivity index (χ1v) is 7.14. The largest absolute Gasteiger partial charge is 0.364 e. The minimum Gasteiger partial charge on any atom is -0.364 e. The Balaban J connectivity index is 1.59. The van der Waals surface area contributed by atoms with Crippen LogP contribution in [0.2, 0.25) is 0 Å². The summed E-state index contributed by atoms with van der Waals surface area (Å²) in [5.74, 6) is 0.313. The van der Waals surface area contributed by atoms with Crippen LogP contribution in [0.25, 0.3) is 0 Å². The summed E-state index contributed by atoms with van der Waals surface area (Å²) in [6.07, 6.45) is 3.51. The molecule has 0 fully saturated rings. The molecule has 1 amide bonds. The smallest absolute Gasteiger partial charge is 0.276 e. The van der Waals surface area contributed by atoms with E-state index in [-0.39, 0.29) is 11.6 Å². The van der Waals surface area contributed by atoms with E-state index in [2.05, 4.69) is 25.8 Å². The molecule has 0 atom stereocenters. The van der Waals surface area contributed by atoms with Crippen molar-refractivity contribution in [3.05, 3.63) is 78.2 Å². The number of nitrogens with one attached hydrogen (secondary N) is 2. The Kier molecular flexibility index (Phi) is 4.54. The van der Waals surface area contributed by atoms with Crippen LogP contribution in [-0.4, -0.2) is 21.1 Å². The molecule has 0 bridgehead atoms. The van der Waals surface area contributed by atoms with Crippen LogP contribution in [0.5, 0.6) is 0 Å². The van der Waals surface area contributed by atoms with Gasteiger partial charge in [-0.05, 0) is 35.9 Å². The van der Waals surface area contributed by atoms with Gasteiger partial charge in [0.05, 0.1) is 0 Å². The number of anilines is 2. The summed E-state index contributed by atoms with van der Waals surface area (Å²) in [6.45, 7) is 0.595. The SMILES string of the molecule is O=C(Nc1ccccc1)c1ccc(NCc2cccnc2)nn1. The maximum atomic E-state index is 12.1. The van der Waals surface area contributed by atoms with Crippen molar-refractivity contribution in [1.29, 1.82) is 0 Å². The van der Waals surface area contributed by atoms with Crippen LogP contribution in [0, 0.1) is 0 Å². The van der Waals surface area contributed by atoms with Crippen molar-refractivity contribution in [3.8, 4) is 0 Å². The number of pyridine rings is 1. The van der Waals surface area contributed by atoms with Gasteiger partial charge in [0, 0.05) is 24.6 Å². The quantitative estimate of drug-likeness (QED) is 0.757. The molecule has 0 spiro atoms. The zero-order valence-corrected chi connectivity index (χ0v) is 12.3. The number of hydrogen-bond acceptors (Lipinski definition) is 5. The van der Waals surface area contributed by atoms with Gasteiger partial charge in [0.25, 0.3) is 5.91 Å². The Labute approximate surface area is 133 Å². The van der Waals surface area contributed by atoms with Gasteiger partial charge >= 0.3 is 0 Å². The molecule has 0 aliphatic carbocycles. The van der Waals surface area contributed by atoms with Crippen LogP contribution in [0.4, 0.5) is 11.5 Å². The van der Waals surface area contributed by atoms with E-state index >= 15 is 0 Å². The molecule has 0 saturated carbocycles. The number of benzene rings is 1. The lowest BCUT2D eigenvalue weighted by Gasteiger charge is -2.06. The lowest BCUT2D eigenvalue weighted by Crippen LogP contribution is -2.14. The van der Waals surface area contributed by atoms with Crippen LogP contribution in [0.1, 0.15) is 16.1 Å². The van der Waals surface area contributed by atoms with E-state index in [1.807, 2.05) is 42.5 Å². The molecule has 0 aliphatic rings. The van der Waals surface area contributed by atoms with E-state index in [9.17, 15) is 4.79 Å². The van der Waals surface area contributed by atoms with Gasteiger partial charge in [-0.2, -0.15) is 0 Å². The molecule has 23 heavy (non-hydrogen) atoms. The molecule has 0 aliphatic heterocycles. The van der Waals surface area contributed by atoms with Crippen LogP contribution in [0.3, 0.4) is 0 Å². The van der Waals surface area contributed by atoms with Crippen molar-refractivity contribution in [2.75, 3.05) is 10.6 Å². The van der Waals surface area contributed by atoms with Crippen LogP contribution in [0.15, 0.2) is 67.0 Å². The average molecular weight is 305 g/mol. The molecule has 3 aromatic rings. The van der Waals surface area contributed by atoms with E-state index in [0.29, 0.717) is 12.4 Å². The highest BCUT2D eigenvalue weighted by Gasteiger charge is 2.08. The van der Waals surface area contributed by atoms with Gasteiger partial charge in [0.2, 0.25) is 0 Å². The fraction of sp³-hybridized carbons (Fsp3) is 0.0588. The number of amides is 1. The maximum absolute atomic E-state index is 12.1. The standard InChI is InChI=1S/C17H15N5O/c23-17(20-14-6-2-1-3-7-14)15-8-9-16(22-21-15)19-12-13-5-4-10-18-11-13/h1-11H,12H2,(H,19,22)(H,20,23). The third-order valence-corrected chi connectivity index (χ3v) is 3.13. The van der Waals surface area contributed by atoms with Gasteiger partial charge in [-0.1, -0.05) is 24.3 Å². The summed E-state index contributed by atoms with van der Waals surface area (Å²) in [6, 6.07) is 16.4. The first kappa shape index (κ1) is 14.6. The summed E-state index contributed by atoms with van der Waals surface area (Å²) in [5, 5.41) is 13.9. The van der Waals surface area contributed by atoms with Crippen molar-refractivity contribution >= 4 is 17.4 Å². The van der Waals surface area contributed by atoms with E-state index in [1.54, 1.807) is 24.5 Å². The molecular formula is C17H15N5O. The molecule has 0 unspecified atom stereocenters. The van der Waals surface area contributed by atoms with Crippen LogP contribution >= 0.6 is 0 Å². The van der Waals surface area contributed by atoms with E-state index in [0.717, 1.165) is 11.3 Å². The molecular weight excluding hydrogens is 290 g/mol. The Morgan fingerprint density at radius 3 is 2.52 bits per heavy atom. The van der Waals surface area contributed by atoms with Crippen molar-refractivity contribution in [1.82, 2.24) is 15.2 Å². The number of aromatic nitrogens is 3. The van der Waals surface area contributed by atoms with E-state index in [4.69, 9.17) is 0 Å². The molecule has 1 aromatic carbocycles. The normalized spacial score (nSPS) is 10.1. The van der Waals surface area contributed by atoms with Gasteiger partial charge in [0.1, 0.15) is 5.82 Å². The van der Waals surface area contributed by atoms with Crippen molar-refractivity contribution in [2.24, 2.45) is 0 Å². The summed E-state index contributed by atoms with van der Waals surface area (Å²) in [7, 11) is 0. The number of carbonyl (C=O) groups is 1. The van der Waals surface area contributed by atoms with E-state index < -0.39 is 0 Å². The fourth-order valence-corrected chi connectivity index (χ4v) is 1.96. The highest BCUT2D eigenvalue weighted by molar-refractivity contribution is 6.02. The number of hydrogen-bond donors (Lipinski definition) is 2. The van der Waals surface area contributed by atoms with Crippen LogP contribution < -0.4 is 10.6 Å². The molecule has 6 nitrogen and oxygen atoms in total. The Bertz CT molecular complexity index is 760. The first-order chi connectivity index (χ1) is 11.3. The molecule has 114 valence electrons. The predicted molar refractivity (Wildman–Crippen MR) is 88.0 cm³/mol. The predicted octanol–water partition coefficient (Wildman–Crippen LogP) is 2.74. The lowest BCUT2D eigenvalue weighted by atomic mass is 10.3. The minimum atomic E-state index is -0.289. The summed E-state index contributed by atoms with van der Waals surface area (Å²) >= 11 is 0. The van der Waals surface area contributed by atoms with Gasteiger partial charge in [0.15, 0.2) is 5.69 Å². The van der Waals surface area contributed by atoms with Gasteiger partial charge in [-0.3, -0.25) is 9.78 Å². The van der Waals surface area contributed by atoms with Crippen molar-refractivity contribution in [3.63, 3.8) is 0 Å². The third-order valence-electron chi connectivity index (χ3n) is 3.13. The lowest BCUT2D eigenvalue weighted by molar-refractivity contribution is 0.102. The number of para-hydroxylation sites is 1. The van der Waals surface area contributed by atoms with Gasteiger partial charge < -0.3 is 10.6 Å². The molecule has 0 saturated heterocycles. The van der Waals surface area contributed by atoms with Gasteiger partial charge in [-0.25, -0.2) is 0 Å². The maximum Gasteiger partial charge on any atom is 0.276 e. The third kappa shape index (κ3) is 4.10.